The minimum Gasteiger partial charge on any atom is -0.369 e. The highest BCUT2D eigenvalue weighted by Crippen LogP contribution is 2.50. The van der Waals surface area contributed by atoms with Crippen LogP contribution in [0.5, 0.6) is 0 Å². The van der Waals surface area contributed by atoms with Crippen LogP contribution in [0.4, 0.5) is 41.2 Å². The highest BCUT2D eigenvalue weighted by Gasteiger charge is 2.71. The number of anilines is 1. The first kappa shape index (κ1) is 34.1. The lowest BCUT2D eigenvalue weighted by atomic mass is 9.91. The summed E-state index contributed by atoms with van der Waals surface area (Å²) in [5, 5.41) is 14.6. The topological polar surface area (TPSA) is 88.2 Å². The maximum absolute atomic E-state index is 14.7. The monoisotopic (exact) mass is 621 g/mol. The first-order valence-corrected chi connectivity index (χ1v) is 13.2. The van der Waals surface area contributed by atoms with Crippen molar-refractivity contribution in [2.75, 3.05) is 52.1 Å². The number of amides is 3. The maximum atomic E-state index is 14.7. The summed E-state index contributed by atoms with van der Waals surface area (Å²) in [6, 6.07) is 6.45. The normalized spacial score (nSPS) is 15.5. The van der Waals surface area contributed by atoms with E-state index in [0.717, 1.165) is 18.2 Å². The van der Waals surface area contributed by atoms with Gasteiger partial charge in [0.15, 0.2) is 0 Å². The Labute approximate surface area is 244 Å². The van der Waals surface area contributed by atoms with E-state index in [1.54, 1.807) is 0 Å². The molecule has 3 rings (SSSR count). The van der Waals surface area contributed by atoms with Crippen LogP contribution in [0.2, 0.25) is 0 Å². The van der Waals surface area contributed by atoms with Crippen LogP contribution in [0.15, 0.2) is 42.5 Å². The van der Waals surface area contributed by atoms with E-state index in [-0.39, 0.29) is 36.4 Å². The Morgan fingerprint density at radius 2 is 1.47 bits per heavy atom. The zero-order chi connectivity index (χ0) is 32.4. The predicted molar refractivity (Wildman–Crippen MR) is 145 cm³/mol. The molecule has 2 aromatic carbocycles. The molecule has 8 nitrogen and oxygen atoms in total. The fourth-order valence-corrected chi connectivity index (χ4v) is 4.26. The van der Waals surface area contributed by atoms with Crippen LogP contribution < -0.4 is 10.6 Å². The summed E-state index contributed by atoms with van der Waals surface area (Å²) in [7, 11) is 3.73. The number of alkyl halides is 6. The molecule has 0 unspecified atom stereocenters. The average molecular weight is 622 g/mol. The van der Waals surface area contributed by atoms with E-state index in [4.69, 9.17) is 0 Å². The Morgan fingerprint density at radius 3 is 1.95 bits per heavy atom. The molecule has 0 spiro atoms. The first-order chi connectivity index (χ1) is 19.8. The van der Waals surface area contributed by atoms with Crippen LogP contribution in [0.25, 0.3) is 0 Å². The standard InChI is InChI=1S/C28H34F7N5O3/c1-25(2,38(3)4)17-36-24(42)37-22-10-7-19(15-21(22)29)23(41)40-13-11-39(12-14-40)16-18-5-8-20(9-6-18)26(43,27(30,31)32)28(33,34)35/h5-10,15,43H,11-14,16-17H2,1-4H3,(H2,36,37,42). The molecule has 0 aliphatic carbocycles. The molecule has 1 heterocycles. The lowest BCUT2D eigenvalue weighted by Crippen LogP contribution is -2.53. The second-order valence-corrected chi connectivity index (χ2v) is 11.2. The Morgan fingerprint density at radius 1 is 0.907 bits per heavy atom. The molecule has 0 radical (unpaired) electrons. The Hall–Kier alpha value is -3.43. The van der Waals surface area contributed by atoms with Gasteiger partial charge in [0.05, 0.1) is 5.69 Å². The number of nitrogens with one attached hydrogen (secondary N) is 2. The maximum Gasteiger partial charge on any atom is 0.430 e. The third kappa shape index (κ3) is 7.75. The molecule has 0 aromatic heterocycles. The van der Waals surface area contributed by atoms with Gasteiger partial charge in [0, 0.05) is 55.9 Å². The summed E-state index contributed by atoms with van der Waals surface area (Å²) in [6.07, 6.45) is -11.9. The number of likely N-dealkylation sites (N-methyl/N-ethyl adjacent to an activating group) is 1. The SMILES string of the molecule is CN(C)C(C)(C)CNC(=O)Nc1ccc(C(=O)N2CCN(Cc3ccc(C(O)(C(F)(F)F)C(F)(F)F)cc3)CC2)cc1F. The molecule has 0 saturated carbocycles. The molecular weight excluding hydrogens is 587 g/mol. The zero-order valence-corrected chi connectivity index (χ0v) is 24.0. The second-order valence-electron chi connectivity index (χ2n) is 11.2. The van der Waals surface area contributed by atoms with Gasteiger partial charge in [-0.05, 0) is 51.7 Å². The van der Waals surface area contributed by atoms with Crippen LogP contribution in [0, 0.1) is 5.82 Å². The zero-order valence-electron chi connectivity index (χ0n) is 24.0. The summed E-state index contributed by atoms with van der Waals surface area (Å²) in [5.41, 5.74) is -6.28. The Balaban J connectivity index is 1.55. The van der Waals surface area contributed by atoms with E-state index in [1.807, 2.05) is 37.7 Å². The van der Waals surface area contributed by atoms with E-state index in [2.05, 4.69) is 10.6 Å². The van der Waals surface area contributed by atoms with Crippen molar-refractivity contribution in [3.05, 3.63) is 65.0 Å². The van der Waals surface area contributed by atoms with Crippen molar-refractivity contribution in [1.29, 1.82) is 0 Å². The van der Waals surface area contributed by atoms with Gasteiger partial charge in [-0.1, -0.05) is 24.3 Å². The summed E-state index contributed by atoms with van der Waals surface area (Å²) < 4.78 is 93.4. The fourth-order valence-electron chi connectivity index (χ4n) is 4.26. The minimum absolute atomic E-state index is 0.0723. The molecule has 2 aromatic rings. The van der Waals surface area contributed by atoms with Crippen LogP contribution in [0.1, 0.15) is 35.3 Å². The molecule has 15 heteroatoms. The number of nitrogens with zero attached hydrogens (tertiary/aromatic N) is 3. The molecule has 0 atom stereocenters. The lowest BCUT2D eigenvalue weighted by molar-refractivity contribution is -0.376. The average Bonchev–Trinajstić information content (AvgIpc) is 2.92. The fraction of sp³-hybridized carbons (Fsp3) is 0.500. The van der Waals surface area contributed by atoms with Crippen molar-refractivity contribution in [3.8, 4) is 0 Å². The van der Waals surface area contributed by atoms with Crippen molar-refractivity contribution in [3.63, 3.8) is 0 Å². The molecule has 238 valence electrons. The number of halogens is 7. The number of carbonyl (C=O) groups excluding carboxylic acids is 2. The number of carbonyl (C=O) groups is 2. The number of rotatable bonds is 8. The number of benzene rings is 2. The Kier molecular flexibility index (Phi) is 10.0. The largest absolute Gasteiger partial charge is 0.430 e. The second kappa shape index (κ2) is 12.7. The van der Waals surface area contributed by atoms with Crippen LogP contribution in [-0.4, -0.2) is 96.5 Å². The van der Waals surface area contributed by atoms with E-state index in [9.17, 15) is 45.4 Å². The highest BCUT2D eigenvalue weighted by atomic mass is 19.4. The van der Waals surface area contributed by atoms with Gasteiger partial charge in [0.25, 0.3) is 11.5 Å². The molecule has 1 aliphatic heterocycles. The number of aliphatic hydroxyl groups is 1. The van der Waals surface area contributed by atoms with Crippen LogP contribution in [0.3, 0.4) is 0 Å². The summed E-state index contributed by atoms with van der Waals surface area (Å²) in [6.45, 7) is 5.50. The molecule has 0 bridgehead atoms. The summed E-state index contributed by atoms with van der Waals surface area (Å²) in [5.74, 6) is -1.23. The van der Waals surface area contributed by atoms with E-state index >= 15 is 0 Å². The molecule has 3 amide bonds. The summed E-state index contributed by atoms with van der Waals surface area (Å²) >= 11 is 0. The van der Waals surface area contributed by atoms with Crippen molar-refractivity contribution >= 4 is 17.6 Å². The molecule has 3 N–H and O–H groups in total. The molecular formula is C28H34F7N5O3. The van der Waals surface area contributed by atoms with Crippen molar-refractivity contribution in [2.24, 2.45) is 0 Å². The molecule has 1 saturated heterocycles. The van der Waals surface area contributed by atoms with Gasteiger partial charge >= 0.3 is 18.4 Å². The summed E-state index contributed by atoms with van der Waals surface area (Å²) in [4.78, 5) is 30.4. The quantitative estimate of drug-likeness (QED) is 0.377. The molecule has 1 aliphatic rings. The van der Waals surface area contributed by atoms with Gasteiger partial charge < -0.3 is 25.5 Å². The third-order valence-electron chi connectivity index (χ3n) is 7.61. The molecule has 1 fully saturated rings. The minimum atomic E-state index is -5.97. The third-order valence-corrected chi connectivity index (χ3v) is 7.61. The van der Waals surface area contributed by atoms with Gasteiger partial charge in [-0.15, -0.1) is 0 Å². The van der Waals surface area contributed by atoms with Crippen molar-refractivity contribution in [1.82, 2.24) is 20.0 Å². The number of hydrogen-bond acceptors (Lipinski definition) is 5. The van der Waals surface area contributed by atoms with Gasteiger partial charge in [0.1, 0.15) is 5.82 Å². The van der Waals surface area contributed by atoms with Crippen molar-refractivity contribution < 1.29 is 45.4 Å². The number of piperazine rings is 1. The number of urea groups is 1. The first-order valence-electron chi connectivity index (χ1n) is 13.2. The van der Waals surface area contributed by atoms with Gasteiger partial charge in [-0.3, -0.25) is 9.69 Å². The lowest BCUT2D eigenvalue weighted by Gasteiger charge is -2.35. The van der Waals surface area contributed by atoms with Crippen LogP contribution in [-0.2, 0) is 12.1 Å². The van der Waals surface area contributed by atoms with Crippen LogP contribution >= 0.6 is 0 Å². The van der Waals surface area contributed by atoms with Gasteiger partial charge in [-0.25, -0.2) is 9.18 Å². The van der Waals surface area contributed by atoms with E-state index in [0.29, 0.717) is 37.3 Å². The smallest absolute Gasteiger partial charge is 0.369 e. The Bertz CT molecular complexity index is 1280. The predicted octanol–water partition coefficient (Wildman–Crippen LogP) is 4.56. The van der Waals surface area contributed by atoms with E-state index < -0.39 is 41.3 Å². The highest BCUT2D eigenvalue weighted by molar-refractivity contribution is 5.95. The molecule has 43 heavy (non-hydrogen) atoms. The van der Waals surface area contributed by atoms with Gasteiger partial charge in [0.2, 0.25) is 0 Å². The van der Waals surface area contributed by atoms with Crippen molar-refractivity contribution in [2.45, 2.75) is 43.9 Å². The van der Waals surface area contributed by atoms with E-state index in [1.165, 1.54) is 17.0 Å². The van der Waals surface area contributed by atoms with Gasteiger partial charge in [-0.2, -0.15) is 26.3 Å². The number of hydrogen-bond donors (Lipinski definition) is 3.